The van der Waals surface area contributed by atoms with Crippen LogP contribution in [0.15, 0.2) is 0 Å². The quantitative estimate of drug-likeness (QED) is 0.688. The maximum Gasteiger partial charge on any atom is 0.326 e. The fourth-order valence-electron chi connectivity index (χ4n) is 1.27. The summed E-state index contributed by atoms with van der Waals surface area (Å²) in [6, 6.07) is -1.73. The Morgan fingerprint density at radius 3 is 1.79 bits per heavy atom. The third-order valence-corrected chi connectivity index (χ3v) is 2.65. The van der Waals surface area contributed by atoms with Gasteiger partial charge in [-0.1, -0.05) is 34.6 Å². The predicted molar refractivity (Wildman–Crippen MR) is 71.5 cm³/mol. The van der Waals surface area contributed by atoms with Crippen molar-refractivity contribution in [1.29, 1.82) is 0 Å². The van der Waals surface area contributed by atoms with Crippen LogP contribution in [0.1, 0.15) is 41.5 Å². The van der Waals surface area contributed by atoms with Gasteiger partial charge in [0, 0.05) is 5.41 Å². The zero-order chi connectivity index (χ0) is 15.4. The number of amides is 2. The highest BCUT2D eigenvalue weighted by Crippen LogP contribution is 2.12. The van der Waals surface area contributed by atoms with Gasteiger partial charge in [0.2, 0.25) is 11.8 Å². The summed E-state index contributed by atoms with van der Waals surface area (Å²) in [6.45, 7) is 10.1. The van der Waals surface area contributed by atoms with Crippen molar-refractivity contribution in [2.75, 3.05) is 0 Å². The number of hydrogen-bond acceptors (Lipinski definition) is 3. The van der Waals surface area contributed by atoms with E-state index in [1.165, 1.54) is 6.92 Å². The number of carboxylic acid groups (broad SMARTS) is 1. The third kappa shape index (κ3) is 5.72. The van der Waals surface area contributed by atoms with Crippen molar-refractivity contribution in [3.8, 4) is 0 Å². The fraction of sp³-hybridized carbons (Fsp3) is 0.769. The van der Waals surface area contributed by atoms with Crippen LogP contribution < -0.4 is 10.6 Å². The molecule has 0 rings (SSSR count). The summed E-state index contributed by atoms with van der Waals surface area (Å²) >= 11 is 0. The second-order valence-corrected chi connectivity index (χ2v) is 6.01. The van der Waals surface area contributed by atoms with Gasteiger partial charge in [0.1, 0.15) is 12.1 Å². The van der Waals surface area contributed by atoms with E-state index in [0.717, 1.165) is 0 Å². The molecule has 6 nitrogen and oxygen atoms in total. The molecule has 0 aliphatic rings. The zero-order valence-electron chi connectivity index (χ0n) is 12.4. The molecule has 2 amide bonds. The van der Waals surface area contributed by atoms with Gasteiger partial charge in [0.15, 0.2) is 0 Å². The lowest BCUT2D eigenvalue weighted by molar-refractivity contribution is -0.143. The predicted octanol–water partition coefficient (Wildman–Crippen LogP) is 0.763. The Morgan fingerprint density at radius 2 is 1.47 bits per heavy atom. The molecule has 0 aromatic heterocycles. The van der Waals surface area contributed by atoms with Crippen LogP contribution in [0.25, 0.3) is 0 Å². The first-order valence-electron chi connectivity index (χ1n) is 6.31. The summed E-state index contributed by atoms with van der Waals surface area (Å²) in [5, 5.41) is 14.0. The number of carbonyl (C=O) groups is 3. The summed E-state index contributed by atoms with van der Waals surface area (Å²) in [5.74, 6) is -2.07. The van der Waals surface area contributed by atoms with Gasteiger partial charge >= 0.3 is 5.97 Å². The van der Waals surface area contributed by atoms with Gasteiger partial charge in [-0.2, -0.15) is 0 Å². The molecule has 0 aliphatic heterocycles. The number of carboxylic acids is 1. The molecular weight excluding hydrogens is 248 g/mol. The minimum Gasteiger partial charge on any atom is -0.480 e. The van der Waals surface area contributed by atoms with Gasteiger partial charge in [-0.05, 0) is 12.8 Å². The molecule has 2 atom stereocenters. The molecule has 19 heavy (non-hydrogen) atoms. The molecule has 0 aliphatic carbocycles. The molecule has 0 saturated heterocycles. The molecule has 2 unspecified atom stereocenters. The smallest absolute Gasteiger partial charge is 0.326 e. The molecule has 6 heteroatoms. The van der Waals surface area contributed by atoms with E-state index in [4.69, 9.17) is 5.11 Å². The van der Waals surface area contributed by atoms with Crippen molar-refractivity contribution in [2.24, 2.45) is 11.3 Å². The first-order valence-corrected chi connectivity index (χ1v) is 6.31. The Bertz CT molecular complexity index is 358. The van der Waals surface area contributed by atoms with E-state index < -0.39 is 29.4 Å². The Kier molecular flexibility index (Phi) is 5.99. The molecule has 0 heterocycles. The van der Waals surface area contributed by atoms with Gasteiger partial charge in [0.25, 0.3) is 0 Å². The fourth-order valence-corrected chi connectivity index (χ4v) is 1.27. The van der Waals surface area contributed by atoms with Crippen LogP contribution in [0.2, 0.25) is 0 Å². The van der Waals surface area contributed by atoms with E-state index in [1.807, 2.05) is 0 Å². The van der Waals surface area contributed by atoms with E-state index in [-0.39, 0.29) is 11.8 Å². The van der Waals surface area contributed by atoms with Crippen molar-refractivity contribution < 1.29 is 19.5 Å². The van der Waals surface area contributed by atoms with Crippen LogP contribution in [-0.4, -0.2) is 35.0 Å². The number of hydrogen-bond donors (Lipinski definition) is 3. The lowest BCUT2D eigenvalue weighted by Crippen LogP contribution is -2.53. The van der Waals surface area contributed by atoms with E-state index in [9.17, 15) is 14.4 Å². The van der Waals surface area contributed by atoms with Crippen LogP contribution >= 0.6 is 0 Å². The summed E-state index contributed by atoms with van der Waals surface area (Å²) in [7, 11) is 0. The lowest BCUT2D eigenvalue weighted by atomic mass is 9.95. The SMILES string of the molecule is CC(NC(=O)C(C)(C)C)C(=O)NC(C(=O)O)C(C)C. The summed E-state index contributed by atoms with van der Waals surface area (Å²) in [5.41, 5.74) is -0.598. The van der Waals surface area contributed by atoms with Gasteiger partial charge in [0.05, 0.1) is 0 Å². The largest absolute Gasteiger partial charge is 0.480 e. The van der Waals surface area contributed by atoms with Crippen LogP contribution in [0.3, 0.4) is 0 Å². The molecule has 110 valence electrons. The minimum absolute atomic E-state index is 0.230. The highest BCUT2D eigenvalue weighted by Gasteiger charge is 2.28. The molecular formula is C13H24N2O4. The monoisotopic (exact) mass is 272 g/mol. The molecule has 0 aromatic carbocycles. The van der Waals surface area contributed by atoms with Gasteiger partial charge in [-0.15, -0.1) is 0 Å². The van der Waals surface area contributed by atoms with Crippen molar-refractivity contribution in [1.82, 2.24) is 10.6 Å². The number of rotatable bonds is 5. The second-order valence-electron chi connectivity index (χ2n) is 6.01. The molecule has 0 aromatic rings. The maximum absolute atomic E-state index is 11.8. The van der Waals surface area contributed by atoms with Crippen LogP contribution in [0.4, 0.5) is 0 Å². The first kappa shape index (κ1) is 17.4. The summed E-state index contributed by atoms with van der Waals surface area (Å²) in [4.78, 5) is 34.5. The summed E-state index contributed by atoms with van der Waals surface area (Å²) in [6.07, 6.45) is 0. The van der Waals surface area contributed by atoms with E-state index in [0.29, 0.717) is 0 Å². The van der Waals surface area contributed by atoms with Crippen molar-refractivity contribution >= 4 is 17.8 Å². The van der Waals surface area contributed by atoms with Gasteiger partial charge in [-0.3, -0.25) is 9.59 Å². The van der Waals surface area contributed by atoms with Crippen LogP contribution in [0.5, 0.6) is 0 Å². The summed E-state index contributed by atoms with van der Waals surface area (Å²) < 4.78 is 0. The molecule has 0 bridgehead atoms. The normalized spacial score (nSPS) is 14.7. The maximum atomic E-state index is 11.8. The van der Waals surface area contributed by atoms with Crippen LogP contribution in [-0.2, 0) is 14.4 Å². The van der Waals surface area contributed by atoms with Crippen LogP contribution in [0, 0.1) is 11.3 Å². The van der Waals surface area contributed by atoms with E-state index >= 15 is 0 Å². The second kappa shape index (κ2) is 6.54. The zero-order valence-corrected chi connectivity index (χ0v) is 12.4. The molecule has 3 N–H and O–H groups in total. The van der Waals surface area contributed by atoms with Crippen molar-refractivity contribution in [3.63, 3.8) is 0 Å². The molecule has 0 saturated carbocycles. The Balaban J connectivity index is 4.58. The topological polar surface area (TPSA) is 95.5 Å². The molecule has 0 fully saturated rings. The highest BCUT2D eigenvalue weighted by molar-refractivity contribution is 5.91. The van der Waals surface area contributed by atoms with Gasteiger partial charge in [-0.25, -0.2) is 4.79 Å². The Hall–Kier alpha value is -1.59. The van der Waals surface area contributed by atoms with Gasteiger partial charge < -0.3 is 15.7 Å². The Morgan fingerprint density at radius 1 is 1.00 bits per heavy atom. The number of aliphatic carboxylic acids is 1. The highest BCUT2D eigenvalue weighted by atomic mass is 16.4. The Labute approximate surface area is 113 Å². The molecule has 0 radical (unpaired) electrons. The van der Waals surface area contributed by atoms with E-state index in [1.54, 1.807) is 34.6 Å². The minimum atomic E-state index is -1.09. The number of carbonyl (C=O) groups excluding carboxylic acids is 2. The first-order chi connectivity index (χ1) is 8.46. The van der Waals surface area contributed by atoms with Crippen molar-refractivity contribution in [2.45, 2.75) is 53.6 Å². The third-order valence-electron chi connectivity index (χ3n) is 2.65. The lowest BCUT2D eigenvalue weighted by Gasteiger charge is -2.24. The van der Waals surface area contributed by atoms with Crippen molar-refractivity contribution in [3.05, 3.63) is 0 Å². The standard InChI is InChI=1S/C13H24N2O4/c1-7(2)9(11(17)18)15-10(16)8(3)14-12(19)13(4,5)6/h7-9H,1-6H3,(H,14,19)(H,15,16)(H,17,18). The molecule has 0 spiro atoms. The average molecular weight is 272 g/mol. The van der Waals surface area contributed by atoms with E-state index in [2.05, 4.69) is 10.6 Å². The average Bonchev–Trinajstić information content (AvgIpc) is 2.22. The number of nitrogens with one attached hydrogen (secondary N) is 2.